The molecular formula is C29H26N3O2+. The van der Waals surface area contributed by atoms with Crippen LogP contribution >= 0.6 is 0 Å². The number of nitrogens with one attached hydrogen (secondary N) is 1. The molecule has 0 bridgehead atoms. The Hall–Kier alpha value is -4.38. The van der Waals surface area contributed by atoms with Crippen molar-refractivity contribution in [3.05, 3.63) is 103 Å². The zero-order valence-corrected chi connectivity index (χ0v) is 19.0. The van der Waals surface area contributed by atoms with Crippen LogP contribution in [0.2, 0.25) is 0 Å². The number of benzene rings is 4. The van der Waals surface area contributed by atoms with Gasteiger partial charge in [0.15, 0.2) is 0 Å². The number of nitrogen functional groups attached to an aromatic ring is 1. The third kappa shape index (κ3) is 4.16. The van der Waals surface area contributed by atoms with Gasteiger partial charge in [-0.25, -0.2) is 4.79 Å². The van der Waals surface area contributed by atoms with E-state index in [2.05, 4.69) is 35.0 Å². The zero-order valence-electron chi connectivity index (χ0n) is 19.0. The van der Waals surface area contributed by atoms with Crippen molar-refractivity contribution in [1.29, 1.82) is 0 Å². The molecule has 0 saturated carbocycles. The first-order valence-corrected chi connectivity index (χ1v) is 11.4. The van der Waals surface area contributed by atoms with Gasteiger partial charge in [-0.3, -0.25) is 5.32 Å². The SMILES string of the molecule is CC[n+]1c(-c2ccccc2)c2cc(NC(=O)OCc3ccccc3)ccc2c2ccc(N)cc21. The maximum absolute atomic E-state index is 12.5. The summed E-state index contributed by atoms with van der Waals surface area (Å²) in [5.41, 5.74) is 11.8. The number of rotatable bonds is 5. The summed E-state index contributed by atoms with van der Waals surface area (Å²) in [6.07, 6.45) is -0.485. The predicted octanol–water partition coefficient (Wildman–Crippen LogP) is 6.30. The second-order valence-electron chi connectivity index (χ2n) is 8.18. The largest absolute Gasteiger partial charge is 0.444 e. The topological polar surface area (TPSA) is 68.2 Å². The van der Waals surface area contributed by atoms with E-state index in [9.17, 15) is 4.79 Å². The van der Waals surface area contributed by atoms with E-state index in [1.54, 1.807) is 0 Å². The molecule has 1 aromatic heterocycles. The van der Waals surface area contributed by atoms with Gasteiger partial charge in [-0.15, -0.1) is 0 Å². The number of hydrogen-bond acceptors (Lipinski definition) is 3. The third-order valence-corrected chi connectivity index (χ3v) is 5.97. The lowest BCUT2D eigenvalue weighted by molar-refractivity contribution is -0.655. The lowest BCUT2D eigenvalue weighted by Gasteiger charge is -2.13. The van der Waals surface area contributed by atoms with Crippen LogP contribution in [0.5, 0.6) is 0 Å². The van der Waals surface area contributed by atoms with E-state index < -0.39 is 6.09 Å². The summed E-state index contributed by atoms with van der Waals surface area (Å²) in [5, 5.41) is 6.15. The van der Waals surface area contributed by atoms with Gasteiger partial charge in [-0.2, -0.15) is 4.57 Å². The number of carbonyl (C=O) groups excluding carboxylic acids is 1. The molecule has 168 valence electrons. The van der Waals surface area contributed by atoms with Gasteiger partial charge < -0.3 is 10.5 Å². The van der Waals surface area contributed by atoms with Crippen molar-refractivity contribution >= 4 is 39.1 Å². The Morgan fingerprint density at radius 2 is 1.56 bits per heavy atom. The van der Waals surface area contributed by atoms with E-state index in [4.69, 9.17) is 10.5 Å². The standard InChI is InChI=1S/C29H25N3O2/c1-2-32-27-17-22(30)13-15-25(27)24-16-14-23(18-26(24)28(32)21-11-7-4-8-12-21)31-29(33)34-19-20-9-5-3-6-10-20/h3-18,30H,2,19H2,1H3,(H,31,33)/p+1. The van der Waals surface area contributed by atoms with Crippen LogP contribution in [0, 0.1) is 0 Å². The molecule has 1 amide bonds. The first-order chi connectivity index (χ1) is 16.6. The number of amides is 1. The number of pyridine rings is 1. The van der Waals surface area contributed by atoms with Crippen molar-refractivity contribution in [2.45, 2.75) is 20.1 Å². The second-order valence-corrected chi connectivity index (χ2v) is 8.18. The van der Waals surface area contributed by atoms with Crippen molar-refractivity contribution in [1.82, 2.24) is 0 Å². The molecular weight excluding hydrogens is 422 g/mol. The maximum Gasteiger partial charge on any atom is 0.411 e. The highest BCUT2D eigenvalue weighted by Crippen LogP contribution is 2.33. The van der Waals surface area contributed by atoms with Gasteiger partial charge in [0, 0.05) is 28.4 Å². The van der Waals surface area contributed by atoms with Gasteiger partial charge in [-0.05, 0) is 48.9 Å². The fourth-order valence-electron chi connectivity index (χ4n) is 4.43. The van der Waals surface area contributed by atoms with Crippen molar-refractivity contribution in [3.63, 3.8) is 0 Å². The van der Waals surface area contributed by atoms with Gasteiger partial charge in [0.1, 0.15) is 13.2 Å². The van der Waals surface area contributed by atoms with Crippen molar-refractivity contribution in [3.8, 4) is 11.3 Å². The number of fused-ring (bicyclic) bond motifs is 3. The average molecular weight is 449 g/mol. The molecule has 0 aliphatic carbocycles. The molecule has 5 nitrogen and oxygen atoms in total. The molecule has 0 fully saturated rings. The molecule has 1 heterocycles. The van der Waals surface area contributed by atoms with E-state index in [0.717, 1.165) is 50.7 Å². The van der Waals surface area contributed by atoms with Crippen molar-refractivity contribution in [2.24, 2.45) is 0 Å². The van der Waals surface area contributed by atoms with Crippen LogP contribution in [0.1, 0.15) is 12.5 Å². The lowest BCUT2D eigenvalue weighted by atomic mass is 9.98. The monoisotopic (exact) mass is 448 g/mol. The zero-order chi connectivity index (χ0) is 23.5. The van der Waals surface area contributed by atoms with Gasteiger partial charge in [-0.1, -0.05) is 54.6 Å². The van der Waals surface area contributed by atoms with Crippen LogP contribution in [-0.4, -0.2) is 6.09 Å². The van der Waals surface area contributed by atoms with E-state index in [1.165, 1.54) is 0 Å². The minimum absolute atomic E-state index is 0.220. The molecule has 0 aliphatic rings. The Bertz CT molecular complexity index is 1480. The molecule has 0 unspecified atom stereocenters. The summed E-state index contributed by atoms with van der Waals surface area (Å²) in [6.45, 7) is 3.12. The molecule has 4 aromatic carbocycles. The third-order valence-electron chi connectivity index (χ3n) is 5.97. The van der Waals surface area contributed by atoms with Crippen LogP contribution in [0.3, 0.4) is 0 Å². The number of ether oxygens (including phenoxy) is 1. The highest BCUT2D eigenvalue weighted by atomic mass is 16.5. The number of aryl methyl sites for hydroxylation is 1. The quantitative estimate of drug-likeness (QED) is 0.188. The molecule has 34 heavy (non-hydrogen) atoms. The Kier molecular flexibility index (Phi) is 5.83. The van der Waals surface area contributed by atoms with Crippen molar-refractivity contribution in [2.75, 3.05) is 11.1 Å². The van der Waals surface area contributed by atoms with Gasteiger partial charge in [0.05, 0.1) is 10.8 Å². The van der Waals surface area contributed by atoms with Crippen LogP contribution in [-0.2, 0) is 17.9 Å². The number of hydrogen-bond donors (Lipinski definition) is 2. The summed E-state index contributed by atoms with van der Waals surface area (Å²) < 4.78 is 7.70. The Morgan fingerprint density at radius 1 is 0.853 bits per heavy atom. The number of aromatic nitrogens is 1. The van der Waals surface area contributed by atoms with Crippen LogP contribution in [0.25, 0.3) is 32.9 Å². The summed E-state index contributed by atoms with van der Waals surface area (Å²) in [7, 11) is 0. The summed E-state index contributed by atoms with van der Waals surface area (Å²) >= 11 is 0. The number of nitrogens with two attached hydrogens (primary N) is 1. The average Bonchev–Trinajstić information content (AvgIpc) is 2.87. The minimum atomic E-state index is -0.485. The molecule has 5 heteroatoms. The number of carbonyl (C=O) groups is 1. The normalized spacial score (nSPS) is 11.0. The van der Waals surface area contributed by atoms with Crippen LogP contribution in [0.4, 0.5) is 16.2 Å². The molecule has 5 aromatic rings. The molecule has 0 atom stereocenters. The molecule has 0 spiro atoms. The molecule has 0 aliphatic heterocycles. The highest BCUT2D eigenvalue weighted by Gasteiger charge is 2.23. The number of nitrogens with zero attached hydrogens (tertiary/aromatic N) is 1. The van der Waals surface area contributed by atoms with Crippen LogP contribution < -0.4 is 15.6 Å². The van der Waals surface area contributed by atoms with Gasteiger partial charge in [0.25, 0.3) is 0 Å². The smallest absolute Gasteiger partial charge is 0.411 e. The number of anilines is 2. The molecule has 5 rings (SSSR count). The Labute approximate surface area is 198 Å². The lowest BCUT2D eigenvalue weighted by Crippen LogP contribution is -2.36. The van der Waals surface area contributed by atoms with E-state index in [0.29, 0.717) is 5.69 Å². The second kappa shape index (κ2) is 9.24. The van der Waals surface area contributed by atoms with E-state index >= 15 is 0 Å². The molecule has 0 saturated heterocycles. The summed E-state index contributed by atoms with van der Waals surface area (Å²) in [5.74, 6) is 0. The van der Waals surface area contributed by atoms with Gasteiger partial charge >= 0.3 is 6.09 Å². The Morgan fingerprint density at radius 3 is 2.29 bits per heavy atom. The molecule has 0 radical (unpaired) electrons. The minimum Gasteiger partial charge on any atom is -0.444 e. The van der Waals surface area contributed by atoms with E-state index in [1.807, 2.05) is 78.9 Å². The highest BCUT2D eigenvalue weighted by molar-refractivity contribution is 6.10. The predicted molar refractivity (Wildman–Crippen MR) is 137 cm³/mol. The van der Waals surface area contributed by atoms with Gasteiger partial charge in [0.2, 0.25) is 11.2 Å². The fraction of sp³-hybridized carbons (Fsp3) is 0.103. The first-order valence-electron chi connectivity index (χ1n) is 11.4. The van der Waals surface area contributed by atoms with Crippen molar-refractivity contribution < 1.29 is 14.1 Å². The summed E-state index contributed by atoms with van der Waals surface area (Å²) in [6, 6.07) is 31.9. The summed E-state index contributed by atoms with van der Waals surface area (Å²) in [4.78, 5) is 12.5. The molecule has 3 N–H and O–H groups in total. The van der Waals surface area contributed by atoms with Crippen LogP contribution in [0.15, 0.2) is 97.1 Å². The fourth-order valence-corrected chi connectivity index (χ4v) is 4.43. The first kappa shape index (κ1) is 21.5. The van der Waals surface area contributed by atoms with E-state index in [-0.39, 0.29) is 6.61 Å². The maximum atomic E-state index is 12.5. The Balaban J connectivity index is 1.60.